The monoisotopic (exact) mass is 218 g/mol. The molecule has 0 saturated heterocycles. The lowest BCUT2D eigenvalue weighted by molar-refractivity contribution is 1.20. The number of nitrogen functional groups attached to an aromatic ring is 1. The predicted molar refractivity (Wildman–Crippen MR) is 63.8 cm³/mol. The number of hydrogen-bond donors (Lipinski definition) is 1. The van der Waals surface area contributed by atoms with Crippen LogP contribution in [0.2, 0.25) is 5.02 Å². The molecule has 1 aromatic heterocycles. The van der Waals surface area contributed by atoms with Gasteiger partial charge in [-0.1, -0.05) is 23.7 Å². The Bertz CT molecular complexity index is 474. The SMILES string of the molecule is Cc1nccc(Cl)c1-c1cccc(N)c1. The zero-order valence-electron chi connectivity index (χ0n) is 8.37. The molecule has 0 bridgehead atoms. The molecule has 0 aliphatic heterocycles. The number of rotatable bonds is 1. The summed E-state index contributed by atoms with van der Waals surface area (Å²) in [5.41, 5.74) is 9.33. The number of benzene rings is 1. The van der Waals surface area contributed by atoms with Crippen LogP contribution in [0.1, 0.15) is 5.69 Å². The van der Waals surface area contributed by atoms with Gasteiger partial charge in [0.25, 0.3) is 0 Å². The molecule has 0 radical (unpaired) electrons. The van der Waals surface area contributed by atoms with Crippen molar-refractivity contribution in [2.45, 2.75) is 6.92 Å². The molecular formula is C12H11ClN2. The van der Waals surface area contributed by atoms with Gasteiger partial charge in [0.05, 0.1) is 5.02 Å². The number of pyridine rings is 1. The van der Waals surface area contributed by atoms with Crippen LogP contribution in [0.15, 0.2) is 36.5 Å². The molecule has 0 saturated carbocycles. The van der Waals surface area contributed by atoms with Crippen LogP contribution in [-0.2, 0) is 0 Å². The second-order valence-corrected chi connectivity index (χ2v) is 3.79. The summed E-state index contributed by atoms with van der Waals surface area (Å²) in [7, 11) is 0. The van der Waals surface area contributed by atoms with E-state index in [4.69, 9.17) is 17.3 Å². The van der Waals surface area contributed by atoms with Crippen LogP contribution in [-0.4, -0.2) is 4.98 Å². The molecule has 0 fully saturated rings. The normalized spacial score (nSPS) is 10.3. The van der Waals surface area contributed by atoms with E-state index >= 15 is 0 Å². The molecule has 0 spiro atoms. The third-order valence-electron chi connectivity index (χ3n) is 2.26. The lowest BCUT2D eigenvalue weighted by Gasteiger charge is -2.07. The molecule has 0 atom stereocenters. The average molecular weight is 219 g/mol. The van der Waals surface area contributed by atoms with Crippen LogP contribution in [0.25, 0.3) is 11.1 Å². The second kappa shape index (κ2) is 3.91. The van der Waals surface area contributed by atoms with Gasteiger partial charge in [-0.15, -0.1) is 0 Å². The lowest BCUT2D eigenvalue weighted by Crippen LogP contribution is -1.90. The van der Waals surface area contributed by atoms with E-state index in [2.05, 4.69) is 4.98 Å². The maximum atomic E-state index is 6.14. The van der Waals surface area contributed by atoms with Crippen molar-refractivity contribution in [2.75, 3.05) is 5.73 Å². The van der Waals surface area contributed by atoms with Crippen LogP contribution in [0.3, 0.4) is 0 Å². The zero-order valence-corrected chi connectivity index (χ0v) is 9.12. The van der Waals surface area contributed by atoms with Gasteiger partial charge in [-0.25, -0.2) is 0 Å². The average Bonchev–Trinajstić information content (AvgIpc) is 2.17. The summed E-state index contributed by atoms with van der Waals surface area (Å²) < 4.78 is 0. The van der Waals surface area contributed by atoms with Crippen molar-refractivity contribution in [1.29, 1.82) is 0 Å². The Labute approximate surface area is 93.7 Å². The molecule has 76 valence electrons. The molecule has 0 amide bonds. The van der Waals surface area contributed by atoms with Crippen LogP contribution in [0.4, 0.5) is 5.69 Å². The third kappa shape index (κ3) is 1.95. The first-order chi connectivity index (χ1) is 7.18. The van der Waals surface area contributed by atoms with E-state index < -0.39 is 0 Å². The summed E-state index contributed by atoms with van der Waals surface area (Å²) in [6, 6.07) is 9.42. The summed E-state index contributed by atoms with van der Waals surface area (Å²) in [6.07, 6.45) is 1.70. The Balaban J connectivity index is 2.63. The third-order valence-corrected chi connectivity index (χ3v) is 2.58. The van der Waals surface area contributed by atoms with Crippen molar-refractivity contribution in [1.82, 2.24) is 4.98 Å². The first kappa shape index (κ1) is 9.99. The molecule has 0 aliphatic rings. The number of nitrogens with zero attached hydrogens (tertiary/aromatic N) is 1. The van der Waals surface area contributed by atoms with E-state index in [0.717, 1.165) is 22.5 Å². The van der Waals surface area contributed by atoms with Gasteiger partial charge >= 0.3 is 0 Å². The Morgan fingerprint density at radius 3 is 2.73 bits per heavy atom. The van der Waals surface area contributed by atoms with Crippen LogP contribution >= 0.6 is 11.6 Å². The minimum atomic E-state index is 0.702. The number of anilines is 1. The highest BCUT2D eigenvalue weighted by molar-refractivity contribution is 6.33. The van der Waals surface area contributed by atoms with E-state index in [9.17, 15) is 0 Å². The summed E-state index contributed by atoms with van der Waals surface area (Å²) in [5.74, 6) is 0. The molecule has 15 heavy (non-hydrogen) atoms. The highest BCUT2D eigenvalue weighted by Gasteiger charge is 2.07. The highest BCUT2D eigenvalue weighted by Crippen LogP contribution is 2.30. The maximum absolute atomic E-state index is 6.14. The molecule has 2 nitrogen and oxygen atoms in total. The van der Waals surface area contributed by atoms with Crippen molar-refractivity contribution in [3.63, 3.8) is 0 Å². The van der Waals surface area contributed by atoms with Crippen molar-refractivity contribution < 1.29 is 0 Å². The summed E-state index contributed by atoms with van der Waals surface area (Å²) >= 11 is 6.14. The van der Waals surface area contributed by atoms with E-state index in [-0.39, 0.29) is 0 Å². The molecular weight excluding hydrogens is 208 g/mol. The second-order valence-electron chi connectivity index (χ2n) is 3.38. The number of aromatic nitrogens is 1. The number of nitrogens with two attached hydrogens (primary N) is 1. The molecule has 2 aromatic rings. The van der Waals surface area contributed by atoms with E-state index in [1.54, 1.807) is 12.3 Å². The summed E-state index contributed by atoms with van der Waals surface area (Å²) in [5, 5.41) is 0.702. The minimum absolute atomic E-state index is 0.702. The number of hydrogen-bond acceptors (Lipinski definition) is 2. The molecule has 1 aromatic carbocycles. The standard InChI is InChI=1S/C12H11ClN2/c1-8-12(11(13)5-6-15-8)9-3-2-4-10(14)7-9/h2-7H,14H2,1H3. The molecule has 0 aliphatic carbocycles. The van der Waals surface area contributed by atoms with Crippen molar-refractivity contribution >= 4 is 17.3 Å². The molecule has 2 rings (SSSR count). The van der Waals surface area contributed by atoms with Crippen molar-refractivity contribution in [2.24, 2.45) is 0 Å². The van der Waals surface area contributed by atoms with Gasteiger partial charge in [0, 0.05) is 23.1 Å². The maximum Gasteiger partial charge on any atom is 0.0517 e. The predicted octanol–water partition coefficient (Wildman–Crippen LogP) is 3.29. The zero-order chi connectivity index (χ0) is 10.8. The topological polar surface area (TPSA) is 38.9 Å². The van der Waals surface area contributed by atoms with Crippen molar-refractivity contribution in [3.05, 3.63) is 47.2 Å². The summed E-state index contributed by atoms with van der Waals surface area (Å²) in [4.78, 5) is 4.22. The van der Waals surface area contributed by atoms with Gasteiger partial charge in [-0.2, -0.15) is 0 Å². The Kier molecular flexibility index (Phi) is 2.60. The Morgan fingerprint density at radius 1 is 1.27 bits per heavy atom. The fourth-order valence-electron chi connectivity index (χ4n) is 1.58. The Morgan fingerprint density at radius 2 is 2.07 bits per heavy atom. The fraction of sp³-hybridized carbons (Fsp3) is 0.0833. The lowest BCUT2D eigenvalue weighted by atomic mass is 10.0. The van der Waals surface area contributed by atoms with Gasteiger partial charge in [0.1, 0.15) is 0 Å². The molecule has 2 N–H and O–H groups in total. The van der Waals surface area contributed by atoms with Gasteiger partial charge in [0.15, 0.2) is 0 Å². The van der Waals surface area contributed by atoms with E-state index in [1.165, 1.54) is 0 Å². The largest absolute Gasteiger partial charge is 0.399 e. The molecule has 3 heteroatoms. The van der Waals surface area contributed by atoms with Gasteiger partial charge in [-0.05, 0) is 30.7 Å². The van der Waals surface area contributed by atoms with Crippen LogP contribution in [0, 0.1) is 6.92 Å². The smallest absolute Gasteiger partial charge is 0.0517 e. The summed E-state index contributed by atoms with van der Waals surface area (Å²) in [6.45, 7) is 1.93. The minimum Gasteiger partial charge on any atom is -0.399 e. The van der Waals surface area contributed by atoms with E-state index in [1.807, 2.05) is 31.2 Å². The first-order valence-corrected chi connectivity index (χ1v) is 5.03. The Hall–Kier alpha value is -1.54. The molecule has 0 unspecified atom stereocenters. The number of aryl methyl sites for hydroxylation is 1. The van der Waals surface area contributed by atoms with Crippen LogP contribution < -0.4 is 5.73 Å². The quantitative estimate of drug-likeness (QED) is 0.746. The molecule has 1 heterocycles. The van der Waals surface area contributed by atoms with Gasteiger partial charge < -0.3 is 5.73 Å². The highest BCUT2D eigenvalue weighted by atomic mass is 35.5. The van der Waals surface area contributed by atoms with Crippen LogP contribution in [0.5, 0.6) is 0 Å². The van der Waals surface area contributed by atoms with Gasteiger partial charge in [0.2, 0.25) is 0 Å². The van der Waals surface area contributed by atoms with Gasteiger partial charge in [-0.3, -0.25) is 4.98 Å². The van der Waals surface area contributed by atoms with E-state index in [0.29, 0.717) is 5.02 Å². The van der Waals surface area contributed by atoms with Crippen molar-refractivity contribution in [3.8, 4) is 11.1 Å². The number of halogens is 1. The fourth-order valence-corrected chi connectivity index (χ4v) is 1.88. The first-order valence-electron chi connectivity index (χ1n) is 4.65.